The van der Waals surface area contributed by atoms with Crippen LogP contribution in [0, 0.1) is 0 Å². The highest BCUT2D eigenvalue weighted by Crippen LogP contribution is 2.35. The molecule has 90 valence electrons. The van der Waals surface area contributed by atoms with Gasteiger partial charge in [-0.25, -0.2) is 4.79 Å². The molecule has 0 aromatic carbocycles. The second kappa shape index (κ2) is 4.87. The highest BCUT2D eigenvalue weighted by molar-refractivity contribution is 7.21. The normalized spacial score (nSPS) is 12.4. The summed E-state index contributed by atoms with van der Waals surface area (Å²) in [5, 5.41) is 12.0. The molecular formula is C11H12N2O2S2. The molecule has 17 heavy (non-hydrogen) atoms. The minimum atomic E-state index is -0.844. The van der Waals surface area contributed by atoms with Crippen LogP contribution in [0.5, 0.6) is 0 Å². The van der Waals surface area contributed by atoms with E-state index in [4.69, 9.17) is 5.73 Å². The lowest BCUT2D eigenvalue weighted by molar-refractivity contribution is -0.0700. The van der Waals surface area contributed by atoms with Crippen molar-refractivity contribution in [2.75, 3.05) is 0 Å². The molecule has 0 saturated carbocycles. The maximum Gasteiger partial charge on any atom is 0.339 e. The largest absolute Gasteiger partial charge is 0.350 e. The van der Waals surface area contributed by atoms with E-state index in [1.165, 1.54) is 4.88 Å². The molecule has 6 heteroatoms. The SMILES string of the molecule is CC(c1ccc(-c2cccs2)s1)N(O)C(N)=O. The van der Waals surface area contributed by atoms with Crippen molar-refractivity contribution in [1.82, 2.24) is 5.06 Å². The summed E-state index contributed by atoms with van der Waals surface area (Å²) in [6, 6.07) is 6.64. The Morgan fingerprint density at radius 2 is 2.18 bits per heavy atom. The third-order valence-electron chi connectivity index (χ3n) is 2.40. The van der Waals surface area contributed by atoms with Crippen LogP contribution in [0.4, 0.5) is 4.79 Å². The van der Waals surface area contributed by atoms with Crippen LogP contribution in [0.3, 0.4) is 0 Å². The predicted molar refractivity (Wildman–Crippen MR) is 69.3 cm³/mol. The van der Waals surface area contributed by atoms with E-state index in [1.54, 1.807) is 29.6 Å². The number of hydrogen-bond donors (Lipinski definition) is 2. The summed E-state index contributed by atoms with van der Waals surface area (Å²) in [6.45, 7) is 1.73. The fraction of sp³-hybridized carbons (Fsp3) is 0.182. The summed E-state index contributed by atoms with van der Waals surface area (Å²) in [5.74, 6) is 0. The first kappa shape index (κ1) is 12.1. The number of thiophene rings is 2. The summed E-state index contributed by atoms with van der Waals surface area (Å²) < 4.78 is 0. The maximum absolute atomic E-state index is 10.9. The van der Waals surface area contributed by atoms with Gasteiger partial charge in [0.2, 0.25) is 0 Å². The molecular weight excluding hydrogens is 256 g/mol. The van der Waals surface area contributed by atoms with Crippen LogP contribution in [0.15, 0.2) is 29.6 Å². The van der Waals surface area contributed by atoms with Crippen molar-refractivity contribution in [2.45, 2.75) is 13.0 Å². The molecule has 0 aliphatic rings. The molecule has 2 rings (SSSR count). The molecule has 0 bridgehead atoms. The summed E-state index contributed by atoms with van der Waals surface area (Å²) in [6.07, 6.45) is 0. The average molecular weight is 268 g/mol. The minimum absolute atomic E-state index is 0.425. The van der Waals surface area contributed by atoms with Gasteiger partial charge in [-0.15, -0.1) is 22.7 Å². The van der Waals surface area contributed by atoms with Crippen LogP contribution in [0.25, 0.3) is 9.75 Å². The van der Waals surface area contributed by atoms with Gasteiger partial charge in [-0.2, -0.15) is 5.06 Å². The molecule has 0 spiro atoms. The fourth-order valence-electron chi connectivity index (χ4n) is 1.44. The van der Waals surface area contributed by atoms with Gasteiger partial charge in [0, 0.05) is 14.6 Å². The Hall–Kier alpha value is -1.37. The van der Waals surface area contributed by atoms with E-state index in [0.29, 0.717) is 5.06 Å². The molecule has 0 fully saturated rings. The van der Waals surface area contributed by atoms with E-state index >= 15 is 0 Å². The third kappa shape index (κ3) is 2.49. The number of primary amides is 1. The van der Waals surface area contributed by atoms with Crippen molar-refractivity contribution in [1.29, 1.82) is 0 Å². The van der Waals surface area contributed by atoms with Gasteiger partial charge in [-0.05, 0) is 30.5 Å². The predicted octanol–water partition coefficient (Wildman–Crippen LogP) is 3.31. The van der Waals surface area contributed by atoms with Crippen LogP contribution in [0.1, 0.15) is 17.8 Å². The standard InChI is InChI=1S/C11H12N2O2S2/c1-7(13(15)11(12)14)8-4-5-10(17-8)9-3-2-6-16-9/h2-7,15H,1H3,(H2,12,14). The summed E-state index contributed by atoms with van der Waals surface area (Å²) >= 11 is 3.20. The number of nitrogens with zero attached hydrogens (tertiary/aromatic N) is 1. The molecule has 0 aliphatic carbocycles. The Kier molecular flexibility index (Phi) is 3.46. The zero-order valence-corrected chi connectivity index (χ0v) is 10.8. The Morgan fingerprint density at radius 1 is 1.41 bits per heavy atom. The van der Waals surface area contributed by atoms with Gasteiger partial charge in [0.25, 0.3) is 0 Å². The lowest BCUT2D eigenvalue weighted by atomic mass is 10.2. The Balaban J connectivity index is 2.21. The molecule has 2 aromatic rings. The minimum Gasteiger partial charge on any atom is -0.350 e. The molecule has 0 aliphatic heterocycles. The van der Waals surface area contributed by atoms with Crippen LogP contribution in [-0.2, 0) is 0 Å². The van der Waals surface area contributed by atoms with Gasteiger partial charge in [0.1, 0.15) is 0 Å². The molecule has 0 radical (unpaired) electrons. The number of amides is 2. The third-order valence-corrected chi connectivity index (χ3v) is 4.72. The van der Waals surface area contributed by atoms with E-state index in [0.717, 1.165) is 9.75 Å². The number of carbonyl (C=O) groups is 1. The highest BCUT2D eigenvalue weighted by Gasteiger charge is 2.19. The molecule has 1 unspecified atom stereocenters. The first-order chi connectivity index (χ1) is 8.09. The lowest BCUT2D eigenvalue weighted by Gasteiger charge is -2.18. The van der Waals surface area contributed by atoms with Crippen molar-refractivity contribution < 1.29 is 10.0 Å². The summed E-state index contributed by atoms with van der Waals surface area (Å²) in [5.41, 5.74) is 5.02. The number of hydroxylamine groups is 2. The van der Waals surface area contributed by atoms with Gasteiger partial charge in [-0.1, -0.05) is 6.07 Å². The van der Waals surface area contributed by atoms with Crippen LogP contribution in [-0.4, -0.2) is 16.3 Å². The van der Waals surface area contributed by atoms with E-state index < -0.39 is 12.1 Å². The maximum atomic E-state index is 10.9. The molecule has 4 nitrogen and oxygen atoms in total. The van der Waals surface area contributed by atoms with Crippen molar-refractivity contribution in [2.24, 2.45) is 5.73 Å². The van der Waals surface area contributed by atoms with Crippen molar-refractivity contribution in [3.63, 3.8) is 0 Å². The van der Waals surface area contributed by atoms with Crippen molar-refractivity contribution in [3.05, 3.63) is 34.5 Å². The van der Waals surface area contributed by atoms with E-state index in [9.17, 15) is 10.0 Å². The molecule has 3 N–H and O–H groups in total. The number of carbonyl (C=O) groups excluding carboxylic acids is 1. The number of nitrogens with two attached hydrogens (primary N) is 1. The first-order valence-electron chi connectivity index (χ1n) is 5.00. The molecule has 0 saturated heterocycles. The Morgan fingerprint density at radius 3 is 2.76 bits per heavy atom. The van der Waals surface area contributed by atoms with Crippen LogP contribution in [0.2, 0.25) is 0 Å². The van der Waals surface area contributed by atoms with E-state index in [1.807, 2.05) is 29.6 Å². The Bertz CT molecular complexity index is 507. The van der Waals surface area contributed by atoms with Crippen LogP contribution >= 0.6 is 22.7 Å². The lowest BCUT2D eigenvalue weighted by Crippen LogP contribution is -2.34. The quantitative estimate of drug-likeness (QED) is 0.662. The van der Waals surface area contributed by atoms with Gasteiger partial charge in [0.05, 0.1) is 6.04 Å². The monoisotopic (exact) mass is 268 g/mol. The first-order valence-corrected chi connectivity index (χ1v) is 6.70. The topological polar surface area (TPSA) is 66.6 Å². The fourth-order valence-corrected chi connectivity index (χ4v) is 3.32. The number of hydrogen-bond acceptors (Lipinski definition) is 4. The second-order valence-electron chi connectivity index (χ2n) is 3.54. The Labute approximate surface area is 107 Å². The van der Waals surface area contributed by atoms with Crippen molar-refractivity contribution >= 4 is 28.7 Å². The highest BCUT2D eigenvalue weighted by atomic mass is 32.1. The van der Waals surface area contributed by atoms with E-state index in [-0.39, 0.29) is 0 Å². The average Bonchev–Trinajstić information content (AvgIpc) is 2.96. The summed E-state index contributed by atoms with van der Waals surface area (Å²) in [7, 11) is 0. The summed E-state index contributed by atoms with van der Waals surface area (Å²) in [4.78, 5) is 14.1. The zero-order valence-electron chi connectivity index (χ0n) is 9.16. The van der Waals surface area contributed by atoms with E-state index in [2.05, 4.69) is 0 Å². The van der Waals surface area contributed by atoms with Crippen LogP contribution < -0.4 is 5.73 Å². The molecule has 2 aromatic heterocycles. The van der Waals surface area contributed by atoms with Gasteiger partial charge in [-0.3, -0.25) is 5.21 Å². The molecule has 2 heterocycles. The zero-order chi connectivity index (χ0) is 12.4. The number of urea groups is 1. The smallest absolute Gasteiger partial charge is 0.339 e. The molecule has 2 amide bonds. The van der Waals surface area contributed by atoms with Gasteiger partial charge < -0.3 is 5.73 Å². The van der Waals surface area contributed by atoms with Gasteiger partial charge in [0.15, 0.2) is 0 Å². The molecule has 1 atom stereocenters. The van der Waals surface area contributed by atoms with Crippen molar-refractivity contribution in [3.8, 4) is 9.75 Å². The van der Waals surface area contributed by atoms with Gasteiger partial charge >= 0.3 is 6.03 Å². The second-order valence-corrected chi connectivity index (χ2v) is 5.60. The number of rotatable bonds is 3.